The number of hydrogen-bond donors (Lipinski definition) is 2. The molecule has 0 unspecified atom stereocenters. The SMILES string of the molecule is CO/N=C1\CCCCN1c1ccc(NC(=O)[C@H](CC(C)C)Oc2ccc3cc[n+](O)cc3c2)cc1. The molecule has 3 aromatic rings. The van der Waals surface area contributed by atoms with Crippen molar-refractivity contribution in [3.05, 3.63) is 60.9 Å². The highest BCUT2D eigenvalue weighted by molar-refractivity contribution is 5.99. The molecule has 0 saturated carbocycles. The van der Waals surface area contributed by atoms with Crippen LogP contribution in [0.3, 0.4) is 0 Å². The van der Waals surface area contributed by atoms with Gasteiger partial charge < -0.3 is 19.8 Å². The van der Waals surface area contributed by atoms with Crippen LogP contribution in [0.25, 0.3) is 10.8 Å². The summed E-state index contributed by atoms with van der Waals surface area (Å²) in [4.78, 5) is 20.3. The first kappa shape index (κ1) is 24.3. The minimum Gasteiger partial charge on any atom is -0.481 e. The van der Waals surface area contributed by atoms with Crippen molar-refractivity contribution in [2.24, 2.45) is 11.1 Å². The quantitative estimate of drug-likeness (QED) is 0.278. The Hall–Kier alpha value is -3.81. The lowest BCUT2D eigenvalue weighted by molar-refractivity contribution is -0.903. The van der Waals surface area contributed by atoms with Gasteiger partial charge in [0.2, 0.25) is 12.4 Å². The van der Waals surface area contributed by atoms with E-state index in [0.29, 0.717) is 17.9 Å². The van der Waals surface area contributed by atoms with E-state index in [1.165, 1.54) is 0 Å². The minimum atomic E-state index is -0.653. The summed E-state index contributed by atoms with van der Waals surface area (Å²) in [5.74, 6) is 1.57. The molecule has 0 bridgehead atoms. The summed E-state index contributed by atoms with van der Waals surface area (Å²) in [7, 11) is 1.56. The number of amides is 1. The van der Waals surface area contributed by atoms with Crippen molar-refractivity contribution in [3.63, 3.8) is 0 Å². The Morgan fingerprint density at radius 1 is 1.14 bits per heavy atom. The lowest BCUT2D eigenvalue weighted by Crippen LogP contribution is -2.35. The number of nitrogens with zero attached hydrogens (tertiary/aromatic N) is 3. The second kappa shape index (κ2) is 11.1. The van der Waals surface area contributed by atoms with Crippen molar-refractivity contribution in [2.45, 2.75) is 45.6 Å². The minimum absolute atomic E-state index is 0.198. The number of nitrogens with one attached hydrogen (secondary N) is 1. The highest BCUT2D eigenvalue weighted by atomic mass is 16.6. The molecule has 1 aromatic heterocycles. The van der Waals surface area contributed by atoms with E-state index in [2.05, 4.69) is 29.2 Å². The van der Waals surface area contributed by atoms with Crippen LogP contribution < -0.4 is 19.7 Å². The molecule has 8 nitrogen and oxygen atoms in total. The first-order chi connectivity index (χ1) is 16.9. The van der Waals surface area contributed by atoms with Gasteiger partial charge in [0, 0.05) is 35.1 Å². The average Bonchev–Trinajstić information content (AvgIpc) is 2.84. The van der Waals surface area contributed by atoms with Crippen LogP contribution in [-0.2, 0) is 9.63 Å². The Labute approximate surface area is 205 Å². The summed E-state index contributed by atoms with van der Waals surface area (Å²) >= 11 is 0. The van der Waals surface area contributed by atoms with Crippen LogP contribution in [0.4, 0.5) is 11.4 Å². The van der Waals surface area contributed by atoms with Crippen LogP contribution in [0.5, 0.6) is 5.75 Å². The molecule has 0 spiro atoms. The fourth-order valence-corrected chi connectivity index (χ4v) is 4.28. The highest BCUT2D eigenvalue weighted by Crippen LogP contribution is 2.25. The number of anilines is 2. The van der Waals surface area contributed by atoms with Crippen LogP contribution in [0.15, 0.2) is 66.1 Å². The topological polar surface area (TPSA) is 87.3 Å². The zero-order chi connectivity index (χ0) is 24.8. The van der Waals surface area contributed by atoms with Crippen LogP contribution in [-0.4, -0.2) is 36.7 Å². The summed E-state index contributed by atoms with van der Waals surface area (Å²) < 4.78 is 7.13. The van der Waals surface area contributed by atoms with E-state index in [9.17, 15) is 10.0 Å². The summed E-state index contributed by atoms with van der Waals surface area (Å²) in [6, 6.07) is 15.2. The molecule has 2 heterocycles. The van der Waals surface area contributed by atoms with E-state index >= 15 is 0 Å². The molecule has 1 amide bonds. The first-order valence-corrected chi connectivity index (χ1v) is 12.0. The van der Waals surface area contributed by atoms with E-state index in [1.54, 1.807) is 19.5 Å². The van der Waals surface area contributed by atoms with Crippen LogP contribution >= 0.6 is 0 Å². The zero-order valence-corrected chi connectivity index (χ0v) is 20.5. The molecule has 1 fully saturated rings. The number of fused-ring (bicyclic) bond motifs is 1. The maximum Gasteiger partial charge on any atom is 0.265 e. The highest BCUT2D eigenvalue weighted by Gasteiger charge is 2.23. The van der Waals surface area contributed by atoms with E-state index in [4.69, 9.17) is 9.57 Å². The van der Waals surface area contributed by atoms with Gasteiger partial charge in [-0.15, -0.1) is 0 Å². The maximum atomic E-state index is 13.2. The van der Waals surface area contributed by atoms with E-state index in [1.807, 2.05) is 48.5 Å². The maximum absolute atomic E-state index is 13.2. The predicted molar refractivity (Wildman–Crippen MR) is 136 cm³/mol. The van der Waals surface area contributed by atoms with Gasteiger partial charge in [-0.1, -0.05) is 25.1 Å². The van der Waals surface area contributed by atoms with Gasteiger partial charge >= 0.3 is 0 Å². The normalized spacial score (nSPS) is 15.9. The van der Waals surface area contributed by atoms with E-state index in [0.717, 1.165) is 52.8 Å². The molecule has 0 aliphatic carbocycles. The summed E-state index contributed by atoms with van der Waals surface area (Å²) in [5, 5.41) is 18.7. The van der Waals surface area contributed by atoms with Gasteiger partial charge in [-0.3, -0.25) is 10.0 Å². The van der Waals surface area contributed by atoms with E-state index < -0.39 is 6.10 Å². The third kappa shape index (κ3) is 6.20. The number of amidine groups is 1. The molecule has 4 rings (SSSR count). The molecule has 184 valence electrons. The Morgan fingerprint density at radius 2 is 1.94 bits per heavy atom. The van der Waals surface area contributed by atoms with Crippen molar-refractivity contribution < 1.29 is 24.3 Å². The fraction of sp³-hybridized carbons (Fsp3) is 0.370. The molecule has 35 heavy (non-hydrogen) atoms. The molecule has 0 radical (unpaired) electrons. The smallest absolute Gasteiger partial charge is 0.265 e. The summed E-state index contributed by atoms with van der Waals surface area (Å²) in [6.07, 6.45) is 6.17. The third-order valence-corrected chi connectivity index (χ3v) is 5.98. The molecular formula is C27H33N4O4+. The van der Waals surface area contributed by atoms with Crippen LogP contribution in [0, 0.1) is 5.92 Å². The average molecular weight is 478 g/mol. The number of oxime groups is 1. The fourth-order valence-electron chi connectivity index (χ4n) is 4.28. The molecular weight excluding hydrogens is 444 g/mol. The van der Waals surface area contributed by atoms with Gasteiger partial charge in [0.05, 0.1) is 5.39 Å². The van der Waals surface area contributed by atoms with Gasteiger partial charge in [-0.2, -0.15) is 0 Å². The van der Waals surface area contributed by atoms with Crippen molar-refractivity contribution >= 4 is 33.9 Å². The Bertz CT molecular complexity index is 1190. The van der Waals surface area contributed by atoms with Crippen LogP contribution in [0.1, 0.15) is 39.5 Å². The van der Waals surface area contributed by atoms with Crippen molar-refractivity contribution in [1.29, 1.82) is 0 Å². The van der Waals surface area contributed by atoms with Crippen molar-refractivity contribution in [3.8, 4) is 5.75 Å². The Kier molecular flexibility index (Phi) is 7.70. The Morgan fingerprint density at radius 3 is 2.69 bits per heavy atom. The number of benzene rings is 2. The van der Waals surface area contributed by atoms with Crippen LogP contribution in [0.2, 0.25) is 0 Å². The molecule has 1 aliphatic heterocycles. The number of hydrogen-bond acceptors (Lipinski definition) is 5. The predicted octanol–water partition coefficient (Wildman–Crippen LogP) is 4.75. The second-order valence-electron chi connectivity index (χ2n) is 9.19. The number of carbonyl (C=O) groups excluding carboxylic acids is 1. The summed E-state index contributed by atoms with van der Waals surface area (Å²) in [5.41, 5.74) is 1.73. The molecule has 8 heteroatoms. The van der Waals surface area contributed by atoms with Gasteiger partial charge in [0.25, 0.3) is 5.91 Å². The van der Waals surface area contributed by atoms with Crippen molar-refractivity contribution in [2.75, 3.05) is 23.9 Å². The monoisotopic (exact) mass is 477 g/mol. The largest absolute Gasteiger partial charge is 0.481 e. The van der Waals surface area contributed by atoms with Gasteiger partial charge in [-0.25, -0.2) is 0 Å². The van der Waals surface area contributed by atoms with Gasteiger partial charge in [0.1, 0.15) is 18.7 Å². The number of carbonyl (C=O) groups is 1. The molecule has 2 aromatic carbocycles. The molecule has 1 aliphatic rings. The number of ether oxygens (including phenoxy) is 1. The Balaban J connectivity index is 1.47. The molecule has 1 atom stereocenters. The number of pyridine rings is 1. The molecule has 1 saturated heterocycles. The number of rotatable bonds is 8. The zero-order valence-electron chi connectivity index (χ0n) is 20.5. The van der Waals surface area contributed by atoms with Gasteiger partial charge in [-0.05, 0) is 67.0 Å². The third-order valence-electron chi connectivity index (χ3n) is 5.98. The second-order valence-corrected chi connectivity index (χ2v) is 9.19. The first-order valence-electron chi connectivity index (χ1n) is 12.0. The van der Waals surface area contributed by atoms with Gasteiger partial charge in [0.15, 0.2) is 6.10 Å². The summed E-state index contributed by atoms with van der Waals surface area (Å²) in [6.45, 7) is 5.01. The number of aromatic nitrogens is 1. The standard InChI is InChI=1S/C27H32N4O4/c1-19(2)16-25(35-24-12-7-20-13-15-30(33)18-21(20)17-24)27(32)28-22-8-10-23(11-9-22)31-14-5-4-6-26(31)29-34-3/h7-13,15,17-19,25H,4-6,14,16H2,1-3H3,(H-,28,32,33)/p+1/b29-26+/t25-/m0/s1. The number of piperidine rings is 1. The van der Waals surface area contributed by atoms with Crippen molar-refractivity contribution in [1.82, 2.24) is 0 Å². The van der Waals surface area contributed by atoms with E-state index in [-0.39, 0.29) is 11.8 Å². The lowest BCUT2D eigenvalue weighted by Gasteiger charge is -2.29. The molecule has 2 N–H and O–H groups in total. The lowest BCUT2D eigenvalue weighted by atomic mass is 10.0.